The smallest absolute Gasteiger partial charge is 0.322 e. The molecule has 1 heterocycles. The normalized spacial score (nSPS) is 13.5. The summed E-state index contributed by atoms with van der Waals surface area (Å²) in [6.45, 7) is 4.49. The maximum atomic E-state index is 13.1. The summed E-state index contributed by atoms with van der Waals surface area (Å²) in [5, 5.41) is 2.89. The second kappa shape index (κ2) is 8.82. The van der Waals surface area contributed by atoms with Crippen LogP contribution in [0.3, 0.4) is 0 Å². The van der Waals surface area contributed by atoms with Gasteiger partial charge in [0.15, 0.2) is 0 Å². The Hall–Kier alpha value is -2.28. The van der Waals surface area contributed by atoms with Crippen LogP contribution in [0.1, 0.15) is 32.4 Å². The van der Waals surface area contributed by atoms with Gasteiger partial charge in [-0.1, -0.05) is 22.0 Å². The highest BCUT2D eigenvalue weighted by Gasteiger charge is 2.34. The van der Waals surface area contributed by atoms with E-state index in [1.54, 1.807) is 4.90 Å². The van der Waals surface area contributed by atoms with E-state index in [1.165, 1.54) is 0 Å². The Kier molecular flexibility index (Phi) is 6.44. The molecule has 1 aromatic carbocycles. The summed E-state index contributed by atoms with van der Waals surface area (Å²) in [5.41, 5.74) is 1.79. The van der Waals surface area contributed by atoms with Gasteiger partial charge in [-0.15, -0.1) is 0 Å². The number of benzene rings is 1. The Morgan fingerprint density at radius 2 is 2.00 bits per heavy atom. The Morgan fingerprint density at radius 1 is 1.25 bits per heavy atom. The number of hydrogen-bond acceptors (Lipinski definition) is 2. The minimum absolute atomic E-state index is 0.0122. The molecule has 1 aliphatic carbocycles. The first-order valence-corrected chi connectivity index (χ1v) is 10.4. The van der Waals surface area contributed by atoms with Crippen molar-refractivity contribution in [1.29, 1.82) is 0 Å². The van der Waals surface area contributed by atoms with Gasteiger partial charge >= 0.3 is 6.03 Å². The number of rotatable bonds is 7. The molecule has 0 saturated heterocycles. The third-order valence-electron chi connectivity index (χ3n) is 4.96. The number of carbonyl (C=O) groups is 2. The van der Waals surface area contributed by atoms with E-state index in [4.69, 9.17) is 0 Å². The summed E-state index contributed by atoms with van der Waals surface area (Å²) in [6.07, 6.45) is 4.04. The van der Waals surface area contributed by atoms with Crippen molar-refractivity contribution in [2.24, 2.45) is 7.05 Å². The highest BCUT2D eigenvalue weighted by Crippen LogP contribution is 2.29. The van der Waals surface area contributed by atoms with Crippen LogP contribution in [0.2, 0.25) is 0 Å². The monoisotopic (exact) mass is 446 g/mol. The quantitative estimate of drug-likeness (QED) is 0.691. The van der Waals surface area contributed by atoms with Gasteiger partial charge in [-0.2, -0.15) is 0 Å². The highest BCUT2D eigenvalue weighted by atomic mass is 79.9. The zero-order chi connectivity index (χ0) is 20.3. The van der Waals surface area contributed by atoms with E-state index in [-0.39, 0.29) is 30.6 Å². The van der Waals surface area contributed by atoms with Gasteiger partial charge in [0.25, 0.3) is 0 Å². The number of aromatic nitrogens is 1. The van der Waals surface area contributed by atoms with Crippen LogP contribution in [0.5, 0.6) is 0 Å². The van der Waals surface area contributed by atoms with E-state index in [0.29, 0.717) is 12.2 Å². The molecule has 1 aromatic heterocycles. The molecule has 3 amide bonds. The average Bonchev–Trinajstić information content (AvgIpc) is 3.39. The summed E-state index contributed by atoms with van der Waals surface area (Å²) < 4.78 is 2.92. The molecule has 2 aromatic rings. The van der Waals surface area contributed by atoms with Crippen LogP contribution in [0, 0.1) is 0 Å². The minimum atomic E-state index is -0.268. The van der Waals surface area contributed by atoms with Crippen LogP contribution < -0.4 is 5.32 Å². The largest absolute Gasteiger partial charge is 0.353 e. The molecule has 1 N–H and O–H groups in total. The molecule has 0 bridgehead atoms. The molecule has 0 unspecified atom stereocenters. The third-order valence-corrected chi connectivity index (χ3v) is 5.45. The lowest BCUT2D eigenvalue weighted by Crippen LogP contribution is -2.48. The lowest BCUT2D eigenvalue weighted by atomic mass is 10.3. The molecular weight excluding hydrogens is 420 g/mol. The van der Waals surface area contributed by atoms with Crippen LogP contribution >= 0.6 is 15.9 Å². The van der Waals surface area contributed by atoms with Crippen LogP contribution in [0.25, 0.3) is 0 Å². The first kappa shape index (κ1) is 20.5. The molecule has 0 atom stereocenters. The Balaban J connectivity index is 1.68. The lowest BCUT2D eigenvalue weighted by molar-refractivity contribution is -0.133. The Labute approximate surface area is 174 Å². The number of halogens is 1. The fraction of sp³-hybridized carbons (Fsp3) is 0.429. The number of hydrogen-bond donors (Lipinski definition) is 1. The van der Waals surface area contributed by atoms with Crippen molar-refractivity contribution in [3.63, 3.8) is 0 Å². The number of urea groups is 1. The summed E-state index contributed by atoms with van der Waals surface area (Å²) in [5.74, 6) is -0.0122. The van der Waals surface area contributed by atoms with Crippen molar-refractivity contribution < 1.29 is 9.59 Å². The van der Waals surface area contributed by atoms with Crippen molar-refractivity contribution in [3.8, 4) is 0 Å². The fourth-order valence-corrected chi connectivity index (χ4v) is 3.53. The number of amides is 3. The van der Waals surface area contributed by atoms with Gasteiger partial charge in [0.2, 0.25) is 5.91 Å². The standard InChI is InChI=1S/C21H27BrN4O2/c1-15(2)25(21(28)23-17-7-4-6-16(22)12-17)14-20(27)26(18-9-10-18)13-19-8-5-11-24(19)3/h4-8,11-12,15,18H,9-10,13-14H2,1-3H3,(H,23,28). The number of nitrogens with one attached hydrogen (secondary N) is 1. The van der Waals surface area contributed by atoms with E-state index in [9.17, 15) is 9.59 Å². The van der Waals surface area contributed by atoms with Crippen molar-refractivity contribution in [1.82, 2.24) is 14.4 Å². The van der Waals surface area contributed by atoms with Gasteiger partial charge in [-0.05, 0) is 57.0 Å². The fourth-order valence-electron chi connectivity index (χ4n) is 3.13. The number of nitrogens with zero attached hydrogens (tertiary/aromatic N) is 3. The predicted molar refractivity (Wildman–Crippen MR) is 114 cm³/mol. The molecule has 1 saturated carbocycles. The van der Waals surface area contributed by atoms with E-state index >= 15 is 0 Å². The van der Waals surface area contributed by atoms with Crippen LogP contribution in [-0.4, -0.2) is 44.9 Å². The van der Waals surface area contributed by atoms with Gasteiger partial charge in [-0.25, -0.2) is 4.79 Å². The molecule has 1 fully saturated rings. The average molecular weight is 447 g/mol. The van der Waals surface area contributed by atoms with Crippen molar-refractivity contribution >= 4 is 33.6 Å². The zero-order valence-corrected chi connectivity index (χ0v) is 18.1. The molecular formula is C21H27BrN4O2. The van der Waals surface area contributed by atoms with Crippen LogP contribution in [-0.2, 0) is 18.4 Å². The van der Waals surface area contributed by atoms with Gasteiger partial charge in [0, 0.05) is 41.2 Å². The Bertz CT molecular complexity index is 844. The topological polar surface area (TPSA) is 57.6 Å². The van der Waals surface area contributed by atoms with Gasteiger partial charge in [0.1, 0.15) is 6.54 Å². The summed E-state index contributed by atoms with van der Waals surface area (Å²) >= 11 is 3.41. The molecule has 7 heteroatoms. The first-order valence-electron chi connectivity index (χ1n) is 9.58. The first-order chi connectivity index (χ1) is 13.3. The summed E-state index contributed by atoms with van der Waals surface area (Å²) in [6, 6.07) is 11.4. The Morgan fingerprint density at radius 3 is 2.57 bits per heavy atom. The number of carbonyl (C=O) groups excluding carboxylic acids is 2. The molecule has 28 heavy (non-hydrogen) atoms. The molecule has 0 aliphatic heterocycles. The predicted octanol–water partition coefficient (Wildman–Crippen LogP) is 4.22. The van der Waals surface area contributed by atoms with Crippen LogP contribution in [0.4, 0.5) is 10.5 Å². The maximum absolute atomic E-state index is 13.1. The second-order valence-corrected chi connectivity index (χ2v) is 8.44. The zero-order valence-electron chi connectivity index (χ0n) is 16.6. The highest BCUT2D eigenvalue weighted by molar-refractivity contribution is 9.10. The minimum Gasteiger partial charge on any atom is -0.353 e. The SMILES string of the molecule is CC(C)N(CC(=O)N(Cc1cccn1C)C1CC1)C(=O)Nc1cccc(Br)c1. The van der Waals surface area contributed by atoms with Crippen LogP contribution in [0.15, 0.2) is 47.1 Å². The number of aryl methyl sites for hydroxylation is 1. The summed E-state index contributed by atoms with van der Waals surface area (Å²) in [7, 11) is 1.98. The van der Waals surface area contributed by atoms with Crippen molar-refractivity contribution in [2.45, 2.75) is 45.3 Å². The molecule has 6 nitrogen and oxygen atoms in total. The van der Waals surface area contributed by atoms with Gasteiger partial charge < -0.3 is 19.7 Å². The lowest BCUT2D eigenvalue weighted by Gasteiger charge is -2.30. The van der Waals surface area contributed by atoms with Crippen molar-refractivity contribution in [3.05, 3.63) is 52.8 Å². The maximum Gasteiger partial charge on any atom is 0.322 e. The van der Waals surface area contributed by atoms with E-state index in [1.807, 2.05) is 73.0 Å². The number of anilines is 1. The molecule has 0 radical (unpaired) electrons. The van der Waals surface area contributed by atoms with Gasteiger partial charge in [-0.3, -0.25) is 4.79 Å². The molecule has 3 rings (SSSR count). The molecule has 0 spiro atoms. The molecule has 1 aliphatic rings. The third kappa shape index (κ3) is 5.16. The van der Waals surface area contributed by atoms with Gasteiger partial charge in [0.05, 0.1) is 6.54 Å². The van der Waals surface area contributed by atoms with Crippen molar-refractivity contribution in [2.75, 3.05) is 11.9 Å². The van der Waals surface area contributed by atoms with E-state index in [2.05, 4.69) is 21.2 Å². The van der Waals surface area contributed by atoms with E-state index < -0.39 is 0 Å². The molecule has 150 valence electrons. The second-order valence-electron chi connectivity index (χ2n) is 7.53. The summed E-state index contributed by atoms with van der Waals surface area (Å²) in [4.78, 5) is 29.4. The van der Waals surface area contributed by atoms with E-state index in [0.717, 1.165) is 23.0 Å².